The van der Waals surface area contributed by atoms with Gasteiger partial charge in [-0.2, -0.15) is 0 Å². The van der Waals surface area contributed by atoms with E-state index in [4.69, 9.17) is 4.74 Å². The van der Waals surface area contributed by atoms with Crippen molar-refractivity contribution in [2.75, 3.05) is 6.61 Å². The summed E-state index contributed by atoms with van der Waals surface area (Å²) in [7, 11) is 0. The molecule has 0 saturated heterocycles. The van der Waals surface area contributed by atoms with Gasteiger partial charge in [-0.1, -0.05) is 53.4 Å². The zero-order valence-corrected chi connectivity index (χ0v) is 11.4. The second kappa shape index (κ2) is 9.68. The standard InChI is InChI=1S/C14H28O2/c1-5-14(15)16-11-13(4)10-8-6-7-9-12(2)3/h12-13H,5-11H2,1-4H3. The van der Waals surface area contributed by atoms with Crippen LogP contribution in [0.3, 0.4) is 0 Å². The van der Waals surface area contributed by atoms with Crippen LogP contribution in [-0.4, -0.2) is 12.6 Å². The molecule has 0 rings (SSSR count). The van der Waals surface area contributed by atoms with Gasteiger partial charge in [0, 0.05) is 6.42 Å². The monoisotopic (exact) mass is 228 g/mol. The molecule has 0 aromatic rings. The predicted molar refractivity (Wildman–Crippen MR) is 68.3 cm³/mol. The lowest BCUT2D eigenvalue weighted by Gasteiger charge is -2.11. The first-order valence-electron chi connectivity index (χ1n) is 6.71. The molecule has 0 aliphatic carbocycles. The molecule has 0 radical (unpaired) electrons. The Morgan fingerprint density at radius 2 is 1.69 bits per heavy atom. The van der Waals surface area contributed by atoms with E-state index in [1.54, 1.807) is 0 Å². The van der Waals surface area contributed by atoms with Gasteiger partial charge in [0.2, 0.25) is 0 Å². The van der Waals surface area contributed by atoms with Gasteiger partial charge in [-0.05, 0) is 18.3 Å². The van der Waals surface area contributed by atoms with Crippen molar-refractivity contribution in [3.05, 3.63) is 0 Å². The third-order valence-electron chi connectivity index (χ3n) is 2.80. The molecule has 0 amide bonds. The van der Waals surface area contributed by atoms with Crippen molar-refractivity contribution in [3.8, 4) is 0 Å². The van der Waals surface area contributed by atoms with E-state index in [1.807, 2.05) is 6.92 Å². The fourth-order valence-corrected chi connectivity index (χ4v) is 1.64. The Bertz CT molecular complexity index is 176. The van der Waals surface area contributed by atoms with Gasteiger partial charge in [0.1, 0.15) is 0 Å². The summed E-state index contributed by atoms with van der Waals surface area (Å²) >= 11 is 0. The molecule has 1 unspecified atom stereocenters. The molecule has 2 heteroatoms. The molecule has 0 aliphatic rings. The van der Waals surface area contributed by atoms with E-state index in [9.17, 15) is 4.79 Å². The van der Waals surface area contributed by atoms with E-state index < -0.39 is 0 Å². The molecule has 2 nitrogen and oxygen atoms in total. The van der Waals surface area contributed by atoms with Crippen LogP contribution in [0.25, 0.3) is 0 Å². The Morgan fingerprint density at radius 1 is 1.06 bits per heavy atom. The molecule has 0 aromatic carbocycles. The molecule has 16 heavy (non-hydrogen) atoms. The predicted octanol–water partition coefficient (Wildman–Crippen LogP) is 4.18. The number of esters is 1. The van der Waals surface area contributed by atoms with E-state index in [0.29, 0.717) is 18.9 Å². The van der Waals surface area contributed by atoms with Crippen LogP contribution in [0.15, 0.2) is 0 Å². The number of carbonyl (C=O) groups is 1. The van der Waals surface area contributed by atoms with E-state index in [-0.39, 0.29) is 5.97 Å². The summed E-state index contributed by atoms with van der Waals surface area (Å²) in [6.45, 7) is 9.13. The molecule has 1 atom stereocenters. The molecule has 0 saturated carbocycles. The number of hydrogen-bond donors (Lipinski definition) is 0. The molecule has 96 valence electrons. The Balaban J connectivity index is 3.30. The molecule has 0 heterocycles. The Morgan fingerprint density at radius 3 is 2.25 bits per heavy atom. The summed E-state index contributed by atoms with van der Waals surface area (Å²) in [6.07, 6.45) is 6.90. The topological polar surface area (TPSA) is 26.3 Å². The smallest absolute Gasteiger partial charge is 0.305 e. The molecule has 0 aliphatic heterocycles. The summed E-state index contributed by atoms with van der Waals surface area (Å²) in [5, 5.41) is 0. The first-order chi connectivity index (χ1) is 7.56. The van der Waals surface area contributed by atoms with Crippen LogP contribution >= 0.6 is 0 Å². The minimum atomic E-state index is -0.0772. The molecule has 0 N–H and O–H groups in total. The lowest BCUT2D eigenvalue weighted by Crippen LogP contribution is -2.10. The molecule has 0 fully saturated rings. The highest BCUT2D eigenvalue weighted by atomic mass is 16.5. The third-order valence-corrected chi connectivity index (χ3v) is 2.80. The summed E-state index contributed by atoms with van der Waals surface area (Å²) in [4.78, 5) is 10.9. The first kappa shape index (κ1) is 15.5. The highest BCUT2D eigenvalue weighted by Gasteiger charge is 2.05. The van der Waals surface area contributed by atoms with Crippen LogP contribution in [0.5, 0.6) is 0 Å². The highest BCUT2D eigenvalue weighted by Crippen LogP contribution is 2.13. The van der Waals surface area contributed by atoms with E-state index in [2.05, 4.69) is 20.8 Å². The maximum atomic E-state index is 10.9. The summed E-state index contributed by atoms with van der Waals surface area (Å²) < 4.78 is 5.11. The zero-order chi connectivity index (χ0) is 12.4. The normalized spacial score (nSPS) is 12.8. The van der Waals surface area contributed by atoms with Gasteiger partial charge in [-0.25, -0.2) is 0 Å². The van der Waals surface area contributed by atoms with Gasteiger partial charge in [-0.3, -0.25) is 4.79 Å². The lowest BCUT2D eigenvalue weighted by molar-refractivity contribution is -0.144. The number of ether oxygens (including phenoxy) is 1. The van der Waals surface area contributed by atoms with Crippen LogP contribution in [0.4, 0.5) is 0 Å². The number of unbranched alkanes of at least 4 members (excludes halogenated alkanes) is 2. The number of hydrogen-bond acceptors (Lipinski definition) is 2. The minimum absolute atomic E-state index is 0.0772. The molecule has 0 bridgehead atoms. The van der Waals surface area contributed by atoms with Crippen molar-refractivity contribution >= 4 is 5.97 Å². The average Bonchev–Trinajstić information content (AvgIpc) is 2.24. The van der Waals surface area contributed by atoms with Gasteiger partial charge in [-0.15, -0.1) is 0 Å². The minimum Gasteiger partial charge on any atom is -0.465 e. The van der Waals surface area contributed by atoms with Crippen molar-refractivity contribution in [2.45, 2.75) is 66.2 Å². The van der Waals surface area contributed by atoms with Gasteiger partial charge >= 0.3 is 5.97 Å². The van der Waals surface area contributed by atoms with Crippen LogP contribution < -0.4 is 0 Å². The van der Waals surface area contributed by atoms with Crippen LogP contribution in [-0.2, 0) is 9.53 Å². The fraction of sp³-hybridized carbons (Fsp3) is 0.929. The second-order valence-corrected chi connectivity index (χ2v) is 5.17. The Kier molecular flexibility index (Phi) is 9.36. The number of rotatable bonds is 9. The first-order valence-corrected chi connectivity index (χ1v) is 6.71. The van der Waals surface area contributed by atoms with Crippen molar-refractivity contribution in [1.82, 2.24) is 0 Å². The van der Waals surface area contributed by atoms with Crippen molar-refractivity contribution in [2.24, 2.45) is 11.8 Å². The highest BCUT2D eigenvalue weighted by molar-refractivity contribution is 5.68. The molecular weight excluding hydrogens is 200 g/mol. The zero-order valence-electron chi connectivity index (χ0n) is 11.4. The van der Waals surface area contributed by atoms with E-state index in [1.165, 1.54) is 32.1 Å². The Hall–Kier alpha value is -0.530. The van der Waals surface area contributed by atoms with Gasteiger partial charge in [0.25, 0.3) is 0 Å². The lowest BCUT2D eigenvalue weighted by atomic mass is 10.0. The van der Waals surface area contributed by atoms with Crippen LogP contribution in [0.1, 0.15) is 66.2 Å². The quantitative estimate of drug-likeness (QED) is 0.437. The Labute approximate surface area is 101 Å². The van der Waals surface area contributed by atoms with Gasteiger partial charge < -0.3 is 4.74 Å². The maximum absolute atomic E-state index is 10.9. The third kappa shape index (κ3) is 10.0. The van der Waals surface area contributed by atoms with Gasteiger partial charge in [0.05, 0.1) is 6.61 Å². The summed E-state index contributed by atoms with van der Waals surface area (Å²) in [6, 6.07) is 0. The molecular formula is C14H28O2. The van der Waals surface area contributed by atoms with Crippen molar-refractivity contribution in [1.29, 1.82) is 0 Å². The summed E-state index contributed by atoms with van der Waals surface area (Å²) in [5.41, 5.74) is 0. The SMILES string of the molecule is CCC(=O)OCC(C)CCCCCC(C)C. The van der Waals surface area contributed by atoms with Crippen LogP contribution in [0.2, 0.25) is 0 Å². The van der Waals surface area contributed by atoms with Gasteiger partial charge in [0.15, 0.2) is 0 Å². The van der Waals surface area contributed by atoms with Crippen LogP contribution in [0, 0.1) is 11.8 Å². The fourth-order valence-electron chi connectivity index (χ4n) is 1.64. The van der Waals surface area contributed by atoms with Crippen molar-refractivity contribution in [3.63, 3.8) is 0 Å². The maximum Gasteiger partial charge on any atom is 0.305 e. The largest absolute Gasteiger partial charge is 0.465 e. The summed E-state index contributed by atoms with van der Waals surface area (Å²) in [5.74, 6) is 1.25. The molecule has 0 spiro atoms. The van der Waals surface area contributed by atoms with E-state index in [0.717, 1.165) is 5.92 Å². The molecule has 0 aromatic heterocycles. The second-order valence-electron chi connectivity index (χ2n) is 5.17. The van der Waals surface area contributed by atoms with E-state index >= 15 is 0 Å². The average molecular weight is 228 g/mol. The van der Waals surface area contributed by atoms with Crippen molar-refractivity contribution < 1.29 is 9.53 Å². The number of carbonyl (C=O) groups excluding carboxylic acids is 1.